The van der Waals surface area contributed by atoms with Gasteiger partial charge in [0.1, 0.15) is 5.82 Å². The smallest absolute Gasteiger partial charge is 0.243 e. The number of aryl methyl sites for hydroxylation is 1. The van der Waals surface area contributed by atoms with Gasteiger partial charge in [0, 0.05) is 31.6 Å². The standard InChI is InChI=1S/C19H19ClN4O2S/c1-14-6-8-15(9-7-14)27(25,26)24-12-10-23(11-13-24)18-16-4-2-3-5-17(16)21-19(20)22-18/h2-9H,10-13H2,1H3. The molecule has 6 nitrogen and oxygen atoms in total. The molecule has 0 bridgehead atoms. The van der Waals surface area contributed by atoms with Gasteiger partial charge >= 0.3 is 0 Å². The highest BCUT2D eigenvalue weighted by Crippen LogP contribution is 2.27. The molecule has 1 aliphatic heterocycles. The summed E-state index contributed by atoms with van der Waals surface area (Å²) < 4.78 is 27.3. The van der Waals surface area contributed by atoms with Crippen LogP contribution < -0.4 is 4.90 Å². The van der Waals surface area contributed by atoms with Gasteiger partial charge in [-0.3, -0.25) is 0 Å². The Hall–Kier alpha value is -2.22. The van der Waals surface area contributed by atoms with Crippen LogP contribution in [0.3, 0.4) is 0 Å². The summed E-state index contributed by atoms with van der Waals surface area (Å²) in [6, 6.07) is 14.6. The van der Waals surface area contributed by atoms with E-state index in [-0.39, 0.29) is 5.28 Å². The van der Waals surface area contributed by atoms with Gasteiger partial charge in [-0.05, 0) is 42.8 Å². The molecular formula is C19H19ClN4O2S. The maximum atomic E-state index is 12.9. The Morgan fingerprint density at radius 3 is 2.30 bits per heavy atom. The normalized spacial score (nSPS) is 16.0. The molecule has 0 amide bonds. The van der Waals surface area contributed by atoms with Crippen molar-refractivity contribution in [1.82, 2.24) is 14.3 Å². The lowest BCUT2D eigenvalue weighted by Crippen LogP contribution is -2.49. The third-order valence-electron chi connectivity index (χ3n) is 4.75. The number of hydrogen-bond donors (Lipinski definition) is 0. The van der Waals surface area contributed by atoms with Crippen molar-refractivity contribution in [3.63, 3.8) is 0 Å². The zero-order valence-corrected chi connectivity index (χ0v) is 16.4. The van der Waals surface area contributed by atoms with Crippen LogP contribution in [-0.4, -0.2) is 48.9 Å². The van der Waals surface area contributed by atoms with Crippen molar-refractivity contribution in [2.45, 2.75) is 11.8 Å². The van der Waals surface area contributed by atoms with Crippen molar-refractivity contribution in [3.05, 3.63) is 59.4 Å². The Labute approximate surface area is 163 Å². The van der Waals surface area contributed by atoms with Crippen LogP contribution in [0.1, 0.15) is 5.56 Å². The number of fused-ring (bicyclic) bond motifs is 1. The monoisotopic (exact) mass is 402 g/mol. The fraction of sp³-hybridized carbons (Fsp3) is 0.263. The van der Waals surface area contributed by atoms with Gasteiger partial charge in [-0.2, -0.15) is 9.29 Å². The molecule has 0 N–H and O–H groups in total. The van der Waals surface area contributed by atoms with E-state index < -0.39 is 10.0 Å². The van der Waals surface area contributed by atoms with Crippen molar-refractivity contribution < 1.29 is 8.42 Å². The Balaban J connectivity index is 1.57. The number of benzene rings is 2. The van der Waals surface area contributed by atoms with Crippen LogP contribution in [0, 0.1) is 6.92 Å². The van der Waals surface area contributed by atoms with Crippen LogP contribution in [0.15, 0.2) is 53.4 Å². The number of aromatic nitrogens is 2. The van der Waals surface area contributed by atoms with E-state index >= 15 is 0 Å². The average molecular weight is 403 g/mol. The quantitative estimate of drug-likeness (QED) is 0.630. The van der Waals surface area contributed by atoms with Crippen LogP contribution in [0.4, 0.5) is 5.82 Å². The largest absolute Gasteiger partial charge is 0.353 e. The van der Waals surface area contributed by atoms with Crippen LogP contribution >= 0.6 is 11.6 Å². The van der Waals surface area contributed by atoms with E-state index in [1.54, 1.807) is 12.1 Å². The number of nitrogens with zero attached hydrogens (tertiary/aromatic N) is 4. The van der Waals surface area contributed by atoms with Gasteiger partial charge in [-0.1, -0.05) is 29.8 Å². The van der Waals surface area contributed by atoms with Crippen LogP contribution in [0.2, 0.25) is 5.28 Å². The summed E-state index contributed by atoms with van der Waals surface area (Å²) in [5.41, 5.74) is 1.81. The summed E-state index contributed by atoms with van der Waals surface area (Å²) in [5, 5.41) is 1.11. The molecule has 0 radical (unpaired) electrons. The molecule has 0 atom stereocenters. The fourth-order valence-electron chi connectivity index (χ4n) is 3.27. The van der Waals surface area contributed by atoms with Crippen LogP contribution in [0.5, 0.6) is 0 Å². The number of sulfonamides is 1. The van der Waals surface area contributed by atoms with E-state index in [2.05, 4.69) is 14.9 Å². The maximum Gasteiger partial charge on any atom is 0.243 e. The highest BCUT2D eigenvalue weighted by atomic mass is 35.5. The first-order valence-electron chi connectivity index (χ1n) is 8.69. The highest BCUT2D eigenvalue weighted by molar-refractivity contribution is 7.89. The molecule has 3 aromatic rings. The van der Waals surface area contributed by atoms with Crippen molar-refractivity contribution >= 4 is 38.3 Å². The van der Waals surface area contributed by atoms with E-state index in [0.29, 0.717) is 31.1 Å². The van der Waals surface area contributed by atoms with Crippen LogP contribution in [-0.2, 0) is 10.0 Å². The van der Waals surface area contributed by atoms with Gasteiger partial charge in [-0.15, -0.1) is 0 Å². The third kappa shape index (κ3) is 3.50. The lowest BCUT2D eigenvalue weighted by Gasteiger charge is -2.35. The minimum absolute atomic E-state index is 0.193. The molecule has 1 saturated heterocycles. The van der Waals surface area contributed by atoms with E-state index in [1.807, 2.05) is 43.3 Å². The summed E-state index contributed by atoms with van der Waals surface area (Å²) in [6.45, 7) is 3.81. The first-order valence-corrected chi connectivity index (χ1v) is 10.5. The molecule has 1 aromatic heterocycles. The molecule has 2 heterocycles. The zero-order valence-electron chi connectivity index (χ0n) is 14.8. The van der Waals surface area contributed by atoms with Gasteiger partial charge in [0.2, 0.25) is 15.3 Å². The van der Waals surface area contributed by atoms with E-state index in [4.69, 9.17) is 11.6 Å². The van der Waals surface area contributed by atoms with Crippen LogP contribution in [0.25, 0.3) is 10.9 Å². The van der Waals surface area contributed by atoms with E-state index in [0.717, 1.165) is 22.3 Å². The average Bonchev–Trinajstić information content (AvgIpc) is 2.68. The topological polar surface area (TPSA) is 66.4 Å². The van der Waals surface area contributed by atoms with Crippen molar-refractivity contribution in [2.75, 3.05) is 31.1 Å². The third-order valence-corrected chi connectivity index (χ3v) is 6.83. The predicted octanol–water partition coefficient (Wildman–Crippen LogP) is 3.10. The predicted molar refractivity (Wildman–Crippen MR) is 107 cm³/mol. The first-order chi connectivity index (χ1) is 12.9. The summed E-state index contributed by atoms with van der Waals surface area (Å²) in [6.07, 6.45) is 0. The lowest BCUT2D eigenvalue weighted by molar-refractivity contribution is 0.384. The van der Waals surface area contributed by atoms with Gasteiger partial charge in [-0.25, -0.2) is 13.4 Å². The first kappa shape index (κ1) is 18.2. The Bertz CT molecular complexity index is 1080. The second-order valence-corrected chi connectivity index (χ2v) is 8.81. The minimum atomic E-state index is -3.49. The Morgan fingerprint density at radius 1 is 0.926 bits per heavy atom. The molecule has 1 aliphatic rings. The molecule has 0 spiro atoms. The zero-order chi connectivity index (χ0) is 19.0. The molecule has 1 fully saturated rings. The van der Waals surface area contributed by atoms with Gasteiger partial charge in [0.05, 0.1) is 10.4 Å². The molecule has 140 valence electrons. The highest BCUT2D eigenvalue weighted by Gasteiger charge is 2.29. The van der Waals surface area contributed by atoms with Crippen molar-refractivity contribution in [2.24, 2.45) is 0 Å². The Kier molecular flexibility index (Phi) is 4.75. The number of halogens is 1. The summed E-state index contributed by atoms with van der Waals surface area (Å²) in [5.74, 6) is 0.748. The SMILES string of the molecule is Cc1ccc(S(=O)(=O)N2CCN(c3nc(Cl)nc4ccccc34)CC2)cc1. The molecule has 0 unspecified atom stereocenters. The summed E-state index contributed by atoms with van der Waals surface area (Å²) in [4.78, 5) is 11.0. The molecule has 0 aliphatic carbocycles. The van der Waals surface area contributed by atoms with Crippen molar-refractivity contribution in [1.29, 1.82) is 0 Å². The summed E-state index contributed by atoms with van der Waals surface area (Å²) in [7, 11) is -3.49. The molecule has 8 heteroatoms. The Morgan fingerprint density at radius 2 is 1.59 bits per heavy atom. The lowest BCUT2D eigenvalue weighted by atomic mass is 10.2. The van der Waals surface area contributed by atoms with E-state index in [1.165, 1.54) is 4.31 Å². The van der Waals surface area contributed by atoms with E-state index in [9.17, 15) is 8.42 Å². The van der Waals surface area contributed by atoms with Gasteiger partial charge in [0.25, 0.3) is 0 Å². The molecule has 0 saturated carbocycles. The fourth-order valence-corrected chi connectivity index (χ4v) is 4.87. The molecular weight excluding hydrogens is 384 g/mol. The number of anilines is 1. The number of rotatable bonds is 3. The van der Waals surface area contributed by atoms with Crippen molar-refractivity contribution in [3.8, 4) is 0 Å². The number of hydrogen-bond acceptors (Lipinski definition) is 5. The second kappa shape index (κ2) is 7.07. The molecule has 27 heavy (non-hydrogen) atoms. The second-order valence-electron chi connectivity index (χ2n) is 6.54. The summed E-state index contributed by atoms with van der Waals surface area (Å²) >= 11 is 6.08. The van der Waals surface area contributed by atoms with Gasteiger partial charge < -0.3 is 4.90 Å². The van der Waals surface area contributed by atoms with Gasteiger partial charge in [0.15, 0.2) is 0 Å². The minimum Gasteiger partial charge on any atom is -0.353 e. The number of piperazine rings is 1. The molecule has 4 rings (SSSR count). The maximum absolute atomic E-state index is 12.9. The molecule has 2 aromatic carbocycles. The number of para-hydroxylation sites is 1.